The van der Waals surface area contributed by atoms with Crippen LogP contribution < -0.4 is 10.6 Å². The van der Waals surface area contributed by atoms with Crippen LogP contribution >= 0.6 is 0 Å². The van der Waals surface area contributed by atoms with Gasteiger partial charge in [0.15, 0.2) is 0 Å². The maximum absolute atomic E-state index is 12.2. The van der Waals surface area contributed by atoms with E-state index in [2.05, 4.69) is 15.6 Å². The highest BCUT2D eigenvalue weighted by molar-refractivity contribution is 5.83. The molecule has 3 aromatic rings. The Balaban J connectivity index is 1.75. The minimum Gasteiger partial charge on any atom is -0.467 e. The maximum atomic E-state index is 12.2. The van der Waals surface area contributed by atoms with Gasteiger partial charge in [-0.2, -0.15) is 0 Å². The summed E-state index contributed by atoms with van der Waals surface area (Å²) in [5, 5.41) is 14.8. The number of nitrogens with one attached hydrogen (secondary N) is 2. The average molecular weight is 314 g/mol. The van der Waals surface area contributed by atoms with Gasteiger partial charge in [-0.15, -0.1) is 0 Å². The molecule has 1 amide bonds. The second-order valence-electron chi connectivity index (χ2n) is 5.02. The molecule has 0 aliphatic rings. The lowest BCUT2D eigenvalue weighted by molar-refractivity contribution is -0.121. The number of rotatable bonds is 7. The fourth-order valence-electron chi connectivity index (χ4n) is 2.34. The van der Waals surface area contributed by atoms with Crippen molar-refractivity contribution >= 4 is 22.9 Å². The maximum Gasteiger partial charge on any atom is 0.240 e. The Morgan fingerprint density at radius 1 is 1.26 bits per heavy atom. The lowest BCUT2D eigenvalue weighted by Crippen LogP contribution is -2.27. The number of nitrogens with zero attached hydrogens (tertiary/aromatic N) is 2. The van der Waals surface area contributed by atoms with Gasteiger partial charge < -0.3 is 24.7 Å². The molecule has 0 bridgehead atoms. The van der Waals surface area contributed by atoms with E-state index in [1.807, 2.05) is 24.3 Å². The van der Waals surface area contributed by atoms with E-state index in [9.17, 15) is 4.79 Å². The molecule has 7 nitrogen and oxygen atoms in total. The minimum absolute atomic E-state index is 0.00606. The minimum atomic E-state index is -0.142. The Hall–Kier alpha value is -2.80. The molecule has 3 rings (SSSR count). The van der Waals surface area contributed by atoms with E-state index < -0.39 is 0 Å². The van der Waals surface area contributed by atoms with E-state index in [0.29, 0.717) is 24.8 Å². The van der Waals surface area contributed by atoms with Crippen LogP contribution in [-0.2, 0) is 17.9 Å². The molecule has 0 saturated carbocycles. The van der Waals surface area contributed by atoms with Gasteiger partial charge in [-0.1, -0.05) is 12.1 Å². The molecule has 120 valence electrons. The molecular formula is C16H18N4O3. The van der Waals surface area contributed by atoms with Gasteiger partial charge in [0, 0.05) is 6.54 Å². The quantitative estimate of drug-likeness (QED) is 0.612. The standard InChI is InChI=1S/C16H18N4O3/c21-8-7-17-16-19-13-5-1-2-6-14(13)20(16)11-15(22)18-10-12-4-3-9-23-12/h1-6,9,21H,7-8,10-11H2,(H,17,19)(H,18,22). The lowest BCUT2D eigenvalue weighted by atomic mass is 10.3. The number of aromatic nitrogens is 2. The Kier molecular flexibility index (Phi) is 4.58. The second-order valence-corrected chi connectivity index (χ2v) is 5.02. The van der Waals surface area contributed by atoms with Gasteiger partial charge in [-0.3, -0.25) is 4.79 Å². The van der Waals surface area contributed by atoms with Crippen molar-refractivity contribution < 1.29 is 14.3 Å². The van der Waals surface area contributed by atoms with Gasteiger partial charge in [-0.05, 0) is 24.3 Å². The first kappa shape index (κ1) is 15.1. The zero-order chi connectivity index (χ0) is 16.1. The van der Waals surface area contributed by atoms with Crippen LogP contribution in [0.5, 0.6) is 0 Å². The molecule has 2 aromatic heterocycles. The molecule has 0 saturated heterocycles. The third-order valence-corrected chi connectivity index (χ3v) is 3.39. The molecule has 23 heavy (non-hydrogen) atoms. The van der Waals surface area contributed by atoms with E-state index in [1.54, 1.807) is 23.0 Å². The van der Waals surface area contributed by atoms with Gasteiger partial charge in [0.25, 0.3) is 0 Å². The van der Waals surface area contributed by atoms with E-state index >= 15 is 0 Å². The number of para-hydroxylation sites is 2. The van der Waals surface area contributed by atoms with Crippen molar-refractivity contribution in [3.8, 4) is 0 Å². The van der Waals surface area contributed by atoms with Gasteiger partial charge in [0.1, 0.15) is 12.3 Å². The van der Waals surface area contributed by atoms with Gasteiger partial charge in [0.2, 0.25) is 11.9 Å². The number of furan rings is 1. The summed E-state index contributed by atoms with van der Waals surface area (Å²) in [7, 11) is 0. The van der Waals surface area contributed by atoms with Crippen LogP contribution in [0.2, 0.25) is 0 Å². The largest absolute Gasteiger partial charge is 0.467 e. The lowest BCUT2D eigenvalue weighted by Gasteiger charge is -2.10. The van der Waals surface area contributed by atoms with Crippen molar-refractivity contribution in [2.24, 2.45) is 0 Å². The first-order valence-electron chi connectivity index (χ1n) is 7.37. The molecule has 0 radical (unpaired) electrons. The Bertz CT molecular complexity index is 780. The summed E-state index contributed by atoms with van der Waals surface area (Å²) in [6.45, 7) is 0.845. The fourth-order valence-corrected chi connectivity index (χ4v) is 2.34. The molecule has 0 aliphatic carbocycles. The molecule has 1 aromatic carbocycles. The molecule has 0 fully saturated rings. The van der Waals surface area contributed by atoms with E-state index in [1.165, 1.54) is 0 Å². The zero-order valence-electron chi connectivity index (χ0n) is 12.5. The highest BCUT2D eigenvalue weighted by atomic mass is 16.3. The van der Waals surface area contributed by atoms with Crippen LogP contribution in [0.15, 0.2) is 47.1 Å². The smallest absolute Gasteiger partial charge is 0.240 e. The summed E-state index contributed by atoms with van der Waals surface area (Å²) in [5.74, 6) is 1.12. The van der Waals surface area contributed by atoms with Crippen molar-refractivity contribution in [2.45, 2.75) is 13.1 Å². The number of aliphatic hydroxyl groups is 1. The molecule has 7 heteroatoms. The summed E-state index contributed by atoms with van der Waals surface area (Å²) >= 11 is 0. The Morgan fingerprint density at radius 2 is 2.13 bits per heavy atom. The number of imidazole rings is 1. The number of amides is 1. The highest BCUT2D eigenvalue weighted by Crippen LogP contribution is 2.19. The predicted octanol–water partition coefficient (Wildman–Crippen LogP) is 1.35. The molecule has 3 N–H and O–H groups in total. The Morgan fingerprint density at radius 3 is 2.91 bits per heavy atom. The van der Waals surface area contributed by atoms with Crippen molar-refractivity contribution in [3.05, 3.63) is 48.4 Å². The van der Waals surface area contributed by atoms with Crippen LogP contribution in [-0.4, -0.2) is 33.7 Å². The highest BCUT2D eigenvalue weighted by Gasteiger charge is 2.13. The third kappa shape index (κ3) is 3.51. The molecule has 2 heterocycles. The first-order valence-corrected chi connectivity index (χ1v) is 7.37. The number of carbonyl (C=O) groups is 1. The second kappa shape index (κ2) is 6.97. The van der Waals surface area contributed by atoms with Gasteiger partial charge in [-0.25, -0.2) is 4.98 Å². The normalized spacial score (nSPS) is 10.8. The number of hydrogen-bond acceptors (Lipinski definition) is 5. The molecule has 0 aliphatic heterocycles. The number of benzene rings is 1. The summed E-state index contributed by atoms with van der Waals surface area (Å²) in [6, 6.07) is 11.2. The average Bonchev–Trinajstić information content (AvgIpc) is 3.19. The zero-order valence-corrected chi connectivity index (χ0v) is 12.5. The third-order valence-electron chi connectivity index (χ3n) is 3.39. The van der Waals surface area contributed by atoms with Crippen LogP contribution in [0, 0.1) is 0 Å². The molecule has 0 unspecified atom stereocenters. The van der Waals surface area contributed by atoms with E-state index in [0.717, 1.165) is 11.0 Å². The van der Waals surface area contributed by atoms with Crippen molar-refractivity contribution in [1.29, 1.82) is 0 Å². The summed E-state index contributed by atoms with van der Waals surface area (Å²) < 4.78 is 6.99. The molecule has 0 spiro atoms. The van der Waals surface area contributed by atoms with Crippen LogP contribution in [0.3, 0.4) is 0 Å². The summed E-state index contributed by atoms with van der Waals surface area (Å²) in [6.07, 6.45) is 1.57. The Labute approximate surface area is 132 Å². The van der Waals surface area contributed by atoms with Gasteiger partial charge >= 0.3 is 0 Å². The predicted molar refractivity (Wildman–Crippen MR) is 85.9 cm³/mol. The number of carbonyl (C=O) groups excluding carboxylic acids is 1. The number of aliphatic hydroxyl groups excluding tert-OH is 1. The van der Waals surface area contributed by atoms with Crippen LogP contribution in [0.25, 0.3) is 11.0 Å². The van der Waals surface area contributed by atoms with Crippen molar-refractivity contribution in [2.75, 3.05) is 18.5 Å². The summed E-state index contributed by atoms with van der Waals surface area (Å²) in [5.41, 5.74) is 1.66. The van der Waals surface area contributed by atoms with Gasteiger partial charge in [0.05, 0.1) is 30.4 Å². The number of anilines is 1. The first-order chi connectivity index (χ1) is 11.3. The number of hydrogen-bond donors (Lipinski definition) is 3. The van der Waals surface area contributed by atoms with Crippen LogP contribution in [0.4, 0.5) is 5.95 Å². The van der Waals surface area contributed by atoms with Crippen LogP contribution in [0.1, 0.15) is 5.76 Å². The van der Waals surface area contributed by atoms with Crippen molar-refractivity contribution in [1.82, 2.24) is 14.9 Å². The monoisotopic (exact) mass is 314 g/mol. The topological polar surface area (TPSA) is 92.3 Å². The number of fused-ring (bicyclic) bond motifs is 1. The molecule has 0 atom stereocenters. The molecular weight excluding hydrogens is 296 g/mol. The van der Waals surface area contributed by atoms with E-state index in [4.69, 9.17) is 9.52 Å². The SMILES string of the molecule is O=C(Cn1c(NCCO)nc2ccccc21)NCc1ccco1. The summed E-state index contributed by atoms with van der Waals surface area (Å²) in [4.78, 5) is 16.7. The fraction of sp³-hybridized carbons (Fsp3) is 0.250. The van der Waals surface area contributed by atoms with Crippen molar-refractivity contribution in [3.63, 3.8) is 0 Å². The van der Waals surface area contributed by atoms with E-state index in [-0.39, 0.29) is 19.1 Å².